The summed E-state index contributed by atoms with van der Waals surface area (Å²) < 4.78 is 13.6. The molecule has 0 saturated carbocycles. The van der Waals surface area contributed by atoms with Gasteiger partial charge in [0, 0.05) is 23.4 Å². The Kier molecular flexibility index (Phi) is 3.95. The van der Waals surface area contributed by atoms with Gasteiger partial charge in [-0.2, -0.15) is 0 Å². The highest BCUT2D eigenvalue weighted by Crippen LogP contribution is 2.12. The summed E-state index contributed by atoms with van der Waals surface area (Å²) in [6, 6.07) is 14.3. The van der Waals surface area contributed by atoms with Gasteiger partial charge in [0.05, 0.1) is 0 Å². The first-order valence-electron chi connectivity index (χ1n) is 5.59. The molecule has 0 heterocycles. The van der Waals surface area contributed by atoms with Crippen LogP contribution in [-0.4, -0.2) is 0 Å². The topological polar surface area (TPSA) is 24.1 Å². The summed E-state index contributed by atoms with van der Waals surface area (Å²) in [5.74, 6) is 2.18. The fraction of sp³-hybridized carbons (Fsp3) is 0.0667. The summed E-state index contributed by atoms with van der Waals surface area (Å²) in [7, 11) is 0. The van der Waals surface area contributed by atoms with Crippen LogP contribution in [-0.2, 0) is 6.54 Å². The molecular formula is C15H13FN2. The van der Waals surface area contributed by atoms with E-state index in [-0.39, 0.29) is 5.82 Å². The van der Waals surface area contributed by atoms with Gasteiger partial charge in [-0.1, -0.05) is 30.2 Å². The van der Waals surface area contributed by atoms with Crippen molar-refractivity contribution in [1.29, 1.82) is 0 Å². The van der Waals surface area contributed by atoms with Gasteiger partial charge in [0.25, 0.3) is 0 Å². The Morgan fingerprint density at radius 2 is 1.83 bits per heavy atom. The summed E-state index contributed by atoms with van der Waals surface area (Å²) in [5.41, 5.74) is 7.90. The number of para-hydroxylation sites is 1. The van der Waals surface area contributed by atoms with Gasteiger partial charge in [-0.25, -0.2) is 9.82 Å². The molecule has 0 unspecified atom stereocenters. The van der Waals surface area contributed by atoms with Crippen molar-refractivity contribution in [1.82, 2.24) is 5.43 Å². The smallest absolute Gasteiger partial charge is 0.129 e. The van der Waals surface area contributed by atoms with Crippen LogP contribution in [0.25, 0.3) is 0 Å². The van der Waals surface area contributed by atoms with Gasteiger partial charge in [0.2, 0.25) is 0 Å². The quantitative estimate of drug-likeness (QED) is 0.634. The van der Waals surface area contributed by atoms with Crippen LogP contribution in [0.5, 0.6) is 0 Å². The predicted molar refractivity (Wildman–Crippen MR) is 71.2 cm³/mol. The van der Waals surface area contributed by atoms with Gasteiger partial charge in [0.15, 0.2) is 0 Å². The van der Waals surface area contributed by atoms with Crippen molar-refractivity contribution < 1.29 is 4.39 Å². The van der Waals surface area contributed by atoms with Gasteiger partial charge in [-0.05, 0) is 24.3 Å². The number of hydrazine groups is 1. The zero-order valence-corrected chi connectivity index (χ0v) is 9.78. The van der Waals surface area contributed by atoms with Gasteiger partial charge in [-0.3, -0.25) is 0 Å². The van der Waals surface area contributed by atoms with Gasteiger partial charge in [0.1, 0.15) is 5.82 Å². The van der Waals surface area contributed by atoms with E-state index in [1.54, 1.807) is 12.1 Å². The van der Waals surface area contributed by atoms with Crippen molar-refractivity contribution in [2.75, 3.05) is 5.43 Å². The van der Waals surface area contributed by atoms with E-state index in [0.29, 0.717) is 17.7 Å². The van der Waals surface area contributed by atoms with Crippen LogP contribution in [0, 0.1) is 18.2 Å². The lowest BCUT2D eigenvalue weighted by Gasteiger charge is -2.10. The minimum Gasteiger partial charge on any atom is -0.321 e. The number of rotatable bonds is 4. The fourth-order valence-electron chi connectivity index (χ4n) is 1.63. The number of nitrogens with one attached hydrogen (secondary N) is 2. The Bertz CT molecular complexity index is 558. The summed E-state index contributed by atoms with van der Waals surface area (Å²) in [4.78, 5) is 0. The molecule has 0 aliphatic heterocycles. The molecule has 0 aliphatic carbocycles. The highest BCUT2D eigenvalue weighted by Gasteiger charge is 2.05. The fourth-order valence-corrected chi connectivity index (χ4v) is 1.63. The van der Waals surface area contributed by atoms with E-state index in [1.807, 2.05) is 30.3 Å². The first kappa shape index (κ1) is 12.2. The molecule has 2 nitrogen and oxygen atoms in total. The van der Waals surface area contributed by atoms with Crippen LogP contribution in [0.3, 0.4) is 0 Å². The second kappa shape index (κ2) is 5.85. The monoisotopic (exact) mass is 240 g/mol. The number of benzene rings is 2. The minimum atomic E-state index is -0.298. The van der Waals surface area contributed by atoms with Crippen molar-refractivity contribution in [3.05, 3.63) is 65.5 Å². The Labute approximate surface area is 106 Å². The normalized spacial score (nSPS) is 9.78. The molecule has 0 fully saturated rings. The number of halogens is 1. The molecule has 2 aromatic rings. The van der Waals surface area contributed by atoms with E-state index in [4.69, 9.17) is 6.42 Å². The Morgan fingerprint density at radius 1 is 1.06 bits per heavy atom. The standard InChI is InChI=1S/C15H13FN2/c1-2-12-7-6-10-15(16)14(12)11-17-18-13-8-4-3-5-9-13/h1,3-10,17-18H,11H2. The molecule has 0 amide bonds. The highest BCUT2D eigenvalue weighted by molar-refractivity contribution is 5.43. The molecule has 0 aliphatic rings. The first-order chi connectivity index (χ1) is 8.81. The van der Waals surface area contributed by atoms with E-state index >= 15 is 0 Å². The zero-order chi connectivity index (χ0) is 12.8. The molecule has 18 heavy (non-hydrogen) atoms. The summed E-state index contributed by atoms with van der Waals surface area (Å²) >= 11 is 0. The van der Waals surface area contributed by atoms with E-state index in [0.717, 1.165) is 5.69 Å². The third-order valence-corrected chi connectivity index (χ3v) is 2.55. The van der Waals surface area contributed by atoms with Crippen LogP contribution in [0.15, 0.2) is 48.5 Å². The maximum atomic E-state index is 13.6. The van der Waals surface area contributed by atoms with Crippen molar-refractivity contribution in [2.45, 2.75) is 6.54 Å². The molecule has 0 spiro atoms. The maximum Gasteiger partial charge on any atom is 0.129 e. The van der Waals surface area contributed by atoms with Gasteiger partial charge in [-0.15, -0.1) is 6.42 Å². The van der Waals surface area contributed by atoms with E-state index in [1.165, 1.54) is 6.07 Å². The van der Waals surface area contributed by atoms with E-state index in [9.17, 15) is 4.39 Å². The molecule has 0 aromatic heterocycles. The van der Waals surface area contributed by atoms with Crippen LogP contribution in [0.1, 0.15) is 11.1 Å². The van der Waals surface area contributed by atoms with Crippen LogP contribution in [0.2, 0.25) is 0 Å². The van der Waals surface area contributed by atoms with Crippen molar-refractivity contribution in [2.24, 2.45) is 0 Å². The number of anilines is 1. The van der Waals surface area contributed by atoms with Crippen molar-refractivity contribution in [3.8, 4) is 12.3 Å². The molecule has 2 aromatic carbocycles. The molecule has 2 N–H and O–H groups in total. The predicted octanol–water partition coefficient (Wildman–Crippen LogP) is 2.92. The van der Waals surface area contributed by atoms with E-state index < -0.39 is 0 Å². The number of terminal acetylenes is 1. The molecule has 0 atom stereocenters. The minimum absolute atomic E-state index is 0.298. The third kappa shape index (κ3) is 2.88. The largest absolute Gasteiger partial charge is 0.321 e. The molecular weight excluding hydrogens is 227 g/mol. The lowest BCUT2D eigenvalue weighted by atomic mass is 10.1. The van der Waals surface area contributed by atoms with Crippen LogP contribution >= 0.6 is 0 Å². The third-order valence-electron chi connectivity index (χ3n) is 2.55. The molecule has 3 heteroatoms. The lowest BCUT2D eigenvalue weighted by Crippen LogP contribution is -2.22. The molecule has 90 valence electrons. The van der Waals surface area contributed by atoms with Crippen LogP contribution < -0.4 is 10.9 Å². The first-order valence-corrected chi connectivity index (χ1v) is 5.59. The molecule has 0 bridgehead atoms. The molecule has 0 saturated heterocycles. The van der Waals surface area contributed by atoms with E-state index in [2.05, 4.69) is 16.8 Å². The second-order valence-electron chi connectivity index (χ2n) is 3.75. The molecule has 2 rings (SSSR count). The van der Waals surface area contributed by atoms with Crippen molar-refractivity contribution >= 4 is 5.69 Å². The summed E-state index contributed by atoms with van der Waals surface area (Å²) in [5, 5.41) is 0. The number of hydrogen-bond donors (Lipinski definition) is 2. The average molecular weight is 240 g/mol. The Hall–Kier alpha value is -2.31. The zero-order valence-electron chi connectivity index (χ0n) is 9.78. The molecule has 0 radical (unpaired) electrons. The SMILES string of the molecule is C#Cc1cccc(F)c1CNNc1ccccc1. The summed E-state index contributed by atoms with van der Waals surface area (Å²) in [6.07, 6.45) is 5.34. The second-order valence-corrected chi connectivity index (χ2v) is 3.75. The van der Waals surface area contributed by atoms with Crippen molar-refractivity contribution in [3.63, 3.8) is 0 Å². The number of hydrogen-bond acceptors (Lipinski definition) is 2. The maximum absolute atomic E-state index is 13.6. The Balaban J connectivity index is 2.01. The Morgan fingerprint density at radius 3 is 2.56 bits per heavy atom. The summed E-state index contributed by atoms with van der Waals surface area (Å²) in [6.45, 7) is 0.321. The lowest BCUT2D eigenvalue weighted by molar-refractivity contribution is 0.599. The van der Waals surface area contributed by atoms with Gasteiger partial charge >= 0.3 is 0 Å². The van der Waals surface area contributed by atoms with Gasteiger partial charge < -0.3 is 5.43 Å². The average Bonchev–Trinajstić information content (AvgIpc) is 2.41. The highest BCUT2D eigenvalue weighted by atomic mass is 19.1. The van der Waals surface area contributed by atoms with Crippen LogP contribution in [0.4, 0.5) is 10.1 Å².